The molecule has 0 saturated carbocycles. The molecule has 2 amide bonds. The molecule has 0 aromatic carbocycles. The van der Waals surface area contributed by atoms with E-state index in [2.05, 4.69) is 5.48 Å². The smallest absolute Gasteiger partial charge is 0.289 e. The van der Waals surface area contributed by atoms with Crippen LogP contribution in [0.3, 0.4) is 0 Å². The van der Waals surface area contributed by atoms with Gasteiger partial charge in [0.25, 0.3) is 11.8 Å². The van der Waals surface area contributed by atoms with Crippen LogP contribution in [0.1, 0.15) is 17.5 Å². The summed E-state index contributed by atoms with van der Waals surface area (Å²) in [5, 5.41) is 0. The van der Waals surface area contributed by atoms with Gasteiger partial charge in [-0.2, -0.15) is 0 Å². The molecule has 88 valence electrons. The van der Waals surface area contributed by atoms with Crippen LogP contribution in [-0.4, -0.2) is 36.9 Å². The Morgan fingerprint density at radius 2 is 2.31 bits per heavy atom. The van der Waals surface area contributed by atoms with Crippen molar-refractivity contribution in [2.24, 2.45) is 0 Å². The van der Waals surface area contributed by atoms with Gasteiger partial charge in [-0.15, -0.1) is 0 Å². The van der Waals surface area contributed by atoms with E-state index in [4.69, 9.17) is 9.25 Å². The number of nitrogens with zero attached hydrogens (tertiary/aromatic N) is 1. The number of carbonyl (C=O) groups is 2. The normalized spacial score (nSPS) is 9.88. The fraction of sp³-hybridized carbons (Fsp3) is 0.400. The molecule has 1 aromatic heterocycles. The molecule has 0 aliphatic rings. The maximum absolute atomic E-state index is 11.6. The van der Waals surface area contributed by atoms with E-state index in [0.717, 1.165) is 0 Å². The summed E-state index contributed by atoms with van der Waals surface area (Å²) in [6.45, 7) is 2.04. The van der Waals surface area contributed by atoms with Crippen molar-refractivity contribution < 1.29 is 18.8 Å². The molecule has 0 aliphatic heterocycles. The standard InChI is InChI=1S/C10H14N2O4/c1-3-16-11-9(13)7-12(2)10(14)8-5-4-6-15-8/h4-6H,3,7H2,1-2H3,(H,11,13). The van der Waals surface area contributed by atoms with E-state index in [0.29, 0.717) is 6.61 Å². The predicted molar refractivity (Wildman–Crippen MR) is 55.4 cm³/mol. The molecule has 1 aromatic rings. The van der Waals surface area contributed by atoms with Gasteiger partial charge in [0.2, 0.25) is 0 Å². The number of hydrogen-bond donors (Lipinski definition) is 1. The fourth-order valence-electron chi connectivity index (χ4n) is 1.06. The number of hydrogen-bond acceptors (Lipinski definition) is 4. The van der Waals surface area contributed by atoms with Gasteiger partial charge in [-0.25, -0.2) is 5.48 Å². The van der Waals surface area contributed by atoms with Crippen molar-refractivity contribution >= 4 is 11.8 Å². The van der Waals surface area contributed by atoms with Crippen LogP contribution in [0.15, 0.2) is 22.8 Å². The molecule has 1 N–H and O–H groups in total. The van der Waals surface area contributed by atoms with E-state index in [1.165, 1.54) is 18.2 Å². The third-order valence-electron chi connectivity index (χ3n) is 1.79. The Hall–Kier alpha value is -1.82. The summed E-state index contributed by atoms with van der Waals surface area (Å²) < 4.78 is 4.92. The summed E-state index contributed by atoms with van der Waals surface area (Å²) in [6, 6.07) is 3.15. The summed E-state index contributed by atoms with van der Waals surface area (Å²) in [5.74, 6) is -0.535. The van der Waals surface area contributed by atoms with E-state index in [1.807, 2.05) is 0 Å². The lowest BCUT2D eigenvalue weighted by atomic mass is 10.4. The molecule has 6 heteroatoms. The highest BCUT2D eigenvalue weighted by molar-refractivity contribution is 5.93. The number of hydroxylamine groups is 1. The molecule has 0 radical (unpaired) electrons. The zero-order chi connectivity index (χ0) is 12.0. The van der Waals surface area contributed by atoms with Crippen LogP contribution in [0.5, 0.6) is 0 Å². The quantitative estimate of drug-likeness (QED) is 0.738. The molecular formula is C10H14N2O4. The van der Waals surface area contributed by atoms with Crippen molar-refractivity contribution in [3.63, 3.8) is 0 Å². The first kappa shape index (κ1) is 12.3. The predicted octanol–water partition coefficient (Wildman–Crippen LogP) is 0.419. The summed E-state index contributed by atoms with van der Waals surface area (Å²) in [4.78, 5) is 28.8. The van der Waals surface area contributed by atoms with Gasteiger partial charge in [-0.1, -0.05) is 0 Å². The third kappa shape index (κ3) is 3.39. The van der Waals surface area contributed by atoms with Gasteiger partial charge in [-0.05, 0) is 19.1 Å². The Kier molecular flexibility index (Phi) is 4.53. The largest absolute Gasteiger partial charge is 0.459 e. The minimum absolute atomic E-state index is 0.0838. The molecule has 6 nitrogen and oxygen atoms in total. The summed E-state index contributed by atoms with van der Waals surface area (Å²) in [5.41, 5.74) is 2.20. The molecule has 0 bridgehead atoms. The number of nitrogens with one attached hydrogen (secondary N) is 1. The van der Waals surface area contributed by atoms with Crippen molar-refractivity contribution in [3.8, 4) is 0 Å². The Morgan fingerprint density at radius 3 is 2.88 bits per heavy atom. The molecule has 0 saturated heterocycles. The minimum atomic E-state index is -0.385. The highest BCUT2D eigenvalue weighted by atomic mass is 16.6. The van der Waals surface area contributed by atoms with Gasteiger partial charge in [-0.3, -0.25) is 14.4 Å². The van der Waals surface area contributed by atoms with E-state index in [-0.39, 0.29) is 24.1 Å². The molecule has 0 aliphatic carbocycles. The summed E-state index contributed by atoms with van der Waals surface area (Å²) >= 11 is 0. The van der Waals surface area contributed by atoms with Gasteiger partial charge < -0.3 is 9.32 Å². The van der Waals surface area contributed by atoms with Crippen molar-refractivity contribution in [1.29, 1.82) is 0 Å². The van der Waals surface area contributed by atoms with Crippen LogP contribution in [0.2, 0.25) is 0 Å². The number of carbonyl (C=O) groups excluding carboxylic acids is 2. The Labute approximate surface area is 93.1 Å². The average Bonchev–Trinajstić information content (AvgIpc) is 2.78. The van der Waals surface area contributed by atoms with E-state index >= 15 is 0 Å². The van der Waals surface area contributed by atoms with E-state index in [1.54, 1.807) is 19.1 Å². The highest BCUT2D eigenvalue weighted by Crippen LogP contribution is 2.03. The zero-order valence-electron chi connectivity index (χ0n) is 9.23. The molecular weight excluding hydrogens is 212 g/mol. The third-order valence-corrected chi connectivity index (χ3v) is 1.79. The molecule has 0 atom stereocenters. The first-order chi connectivity index (χ1) is 7.65. The number of furan rings is 1. The zero-order valence-corrected chi connectivity index (χ0v) is 9.23. The van der Waals surface area contributed by atoms with Crippen LogP contribution < -0.4 is 5.48 Å². The number of rotatable bonds is 5. The lowest BCUT2D eigenvalue weighted by Crippen LogP contribution is -2.38. The maximum Gasteiger partial charge on any atom is 0.289 e. The van der Waals surface area contributed by atoms with Gasteiger partial charge in [0.15, 0.2) is 5.76 Å². The second kappa shape index (κ2) is 5.92. The van der Waals surface area contributed by atoms with Gasteiger partial charge in [0.1, 0.15) is 6.54 Å². The topological polar surface area (TPSA) is 71.8 Å². The number of likely N-dealkylation sites (N-methyl/N-ethyl adjacent to an activating group) is 1. The summed E-state index contributed by atoms with van der Waals surface area (Å²) in [6.07, 6.45) is 1.40. The second-order valence-corrected chi connectivity index (χ2v) is 3.10. The van der Waals surface area contributed by atoms with Gasteiger partial charge in [0.05, 0.1) is 12.9 Å². The van der Waals surface area contributed by atoms with Crippen LogP contribution in [-0.2, 0) is 9.63 Å². The molecule has 0 fully saturated rings. The monoisotopic (exact) mass is 226 g/mol. The Morgan fingerprint density at radius 1 is 1.56 bits per heavy atom. The highest BCUT2D eigenvalue weighted by Gasteiger charge is 2.16. The van der Waals surface area contributed by atoms with Crippen molar-refractivity contribution in [2.45, 2.75) is 6.92 Å². The minimum Gasteiger partial charge on any atom is -0.459 e. The average molecular weight is 226 g/mol. The Bertz CT molecular complexity index is 348. The summed E-state index contributed by atoms with van der Waals surface area (Å²) in [7, 11) is 1.51. The molecule has 1 heterocycles. The van der Waals surface area contributed by atoms with Crippen molar-refractivity contribution in [2.75, 3.05) is 20.2 Å². The lowest BCUT2D eigenvalue weighted by molar-refractivity contribution is -0.133. The number of amides is 2. The van der Waals surface area contributed by atoms with Crippen LogP contribution in [0.4, 0.5) is 0 Å². The molecule has 0 unspecified atom stereocenters. The van der Waals surface area contributed by atoms with Crippen molar-refractivity contribution in [3.05, 3.63) is 24.2 Å². The Balaban J connectivity index is 2.43. The van der Waals surface area contributed by atoms with Crippen molar-refractivity contribution in [1.82, 2.24) is 10.4 Å². The second-order valence-electron chi connectivity index (χ2n) is 3.10. The lowest BCUT2D eigenvalue weighted by Gasteiger charge is -2.14. The van der Waals surface area contributed by atoms with Crippen LogP contribution in [0, 0.1) is 0 Å². The van der Waals surface area contributed by atoms with Gasteiger partial charge >= 0.3 is 0 Å². The van der Waals surface area contributed by atoms with E-state index in [9.17, 15) is 9.59 Å². The first-order valence-corrected chi connectivity index (χ1v) is 4.84. The fourth-order valence-corrected chi connectivity index (χ4v) is 1.06. The van der Waals surface area contributed by atoms with Crippen LogP contribution in [0.25, 0.3) is 0 Å². The molecule has 1 rings (SSSR count). The maximum atomic E-state index is 11.6. The SMILES string of the molecule is CCONC(=O)CN(C)C(=O)c1ccco1. The van der Waals surface area contributed by atoms with Crippen LogP contribution >= 0.6 is 0 Å². The van der Waals surface area contributed by atoms with Gasteiger partial charge in [0, 0.05) is 7.05 Å². The molecule has 16 heavy (non-hydrogen) atoms. The van der Waals surface area contributed by atoms with E-state index < -0.39 is 0 Å². The molecule has 0 spiro atoms. The first-order valence-electron chi connectivity index (χ1n) is 4.84.